The number of hydrogen-bond donors (Lipinski definition) is 1. The third kappa shape index (κ3) is 3.90. The smallest absolute Gasteiger partial charge is 0.193 e. The molecule has 2 heterocycles. The quantitative estimate of drug-likeness (QED) is 0.659. The molecule has 5 nitrogen and oxygen atoms in total. The molecule has 1 aliphatic heterocycles. The highest BCUT2D eigenvalue weighted by Crippen LogP contribution is 2.14. The number of nitrogens with one attached hydrogen (secondary N) is 1. The van der Waals surface area contributed by atoms with Gasteiger partial charge in [-0.25, -0.2) is 0 Å². The second kappa shape index (κ2) is 6.99. The second-order valence-electron chi connectivity index (χ2n) is 5.29. The van der Waals surface area contributed by atoms with Crippen molar-refractivity contribution < 1.29 is 0 Å². The zero-order chi connectivity index (χ0) is 14.5. The van der Waals surface area contributed by atoms with E-state index >= 15 is 0 Å². The molecule has 0 bridgehead atoms. The van der Waals surface area contributed by atoms with Crippen molar-refractivity contribution in [1.29, 1.82) is 0 Å². The van der Waals surface area contributed by atoms with Crippen LogP contribution in [-0.2, 0) is 13.6 Å². The van der Waals surface area contributed by atoms with Crippen molar-refractivity contribution in [2.24, 2.45) is 12.0 Å². The normalized spacial score (nSPS) is 16.1. The van der Waals surface area contributed by atoms with Crippen LogP contribution in [0.4, 0.5) is 0 Å². The number of nitrogens with zero attached hydrogens (tertiary/aromatic N) is 4. The van der Waals surface area contributed by atoms with Crippen LogP contribution in [0.25, 0.3) is 0 Å². The third-order valence-corrected chi connectivity index (χ3v) is 3.91. The van der Waals surface area contributed by atoms with Gasteiger partial charge < -0.3 is 19.7 Å². The molecule has 0 amide bonds. The number of rotatable bonds is 5. The summed E-state index contributed by atoms with van der Waals surface area (Å²) in [5, 5.41) is 4.18. The molecule has 1 aromatic heterocycles. The van der Waals surface area contributed by atoms with Gasteiger partial charge in [-0.2, -0.15) is 0 Å². The zero-order valence-electron chi connectivity index (χ0n) is 12.6. The Morgan fingerprint density at radius 1 is 1.50 bits per heavy atom. The molecule has 1 N–H and O–H groups in total. The number of guanidine groups is 1. The Hall–Kier alpha value is -1.20. The van der Waals surface area contributed by atoms with Crippen molar-refractivity contribution in [1.82, 2.24) is 19.7 Å². The number of likely N-dealkylation sites (tertiary alicyclic amines) is 1. The van der Waals surface area contributed by atoms with E-state index in [0.29, 0.717) is 0 Å². The standard InChI is InChI=1S/C14H24ClN5/c1-16-14(17-5-8-20-6-4-7-20)19(3)11-13-9-12(15)10-18(13)2/h9-10H,4-8,11H2,1-3H3,(H,16,17). The van der Waals surface area contributed by atoms with E-state index in [-0.39, 0.29) is 0 Å². The average molecular weight is 298 g/mol. The Morgan fingerprint density at radius 3 is 2.75 bits per heavy atom. The van der Waals surface area contributed by atoms with E-state index in [0.717, 1.165) is 30.6 Å². The van der Waals surface area contributed by atoms with E-state index < -0.39 is 0 Å². The molecule has 112 valence electrons. The maximum absolute atomic E-state index is 6.01. The predicted molar refractivity (Wildman–Crippen MR) is 84.3 cm³/mol. The van der Waals surface area contributed by atoms with Crippen molar-refractivity contribution in [2.45, 2.75) is 13.0 Å². The van der Waals surface area contributed by atoms with E-state index in [2.05, 4.69) is 20.1 Å². The predicted octanol–water partition coefficient (Wildman–Crippen LogP) is 1.39. The Labute approximate surface area is 126 Å². The lowest BCUT2D eigenvalue weighted by Gasteiger charge is -2.31. The lowest BCUT2D eigenvalue weighted by atomic mass is 10.2. The first-order valence-corrected chi connectivity index (χ1v) is 7.43. The Bertz CT molecular complexity index is 464. The van der Waals surface area contributed by atoms with Gasteiger partial charge in [0.05, 0.1) is 11.6 Å². The number of hydrogen-bond acceptors (Lipinski definition) is 2. The summed E-state index contributed by atoms with van der Waals surface area (Å²) < 4.78 is 2.05. The highest BCUT2D eigenvalue weighted by molar-refractivity contribution is 6.30. The summed E-state index contributed by atoms with van der Waals surface area (Å²) >= 11 is 6.01. The van der Waals surface area contributed by atoms with Crippen LogP contribution in [-0.4, -0.2) is 60.6 Å². The van der Waals surface area contributed by atoms with E-state index in [1.807, 2.05) is 38.0 Å². The van der Waals surface area contributed by atoms with E-state index in [4.69, 9.17) is 11.6 Å². The number of halogens is 1. The molecule has 1 fully saturated rings. The van der Waals surface area contributed by atoms with Gasteiger partial charge in [-0.3, -0.25) is 4.99 Å². The Kier molecular flexibility index (Phi) is 5.31. The van der Waals surface area contributed by atoms with Crippen LogP contribution < -0.4 is 5.32 Å². The van der Waals surface area contributed by atoms with E-state index in [1.165, 1.54) is 25.2 Å². The summed E-state index contributed by atoms with van der Waals surface area (Å²) in [7, 11) is 5.87. The summed E-state index contributed by atoms with van der Waals surface area (Å²) in [6.07, 6.45) is 3.26. The van der Waals surface area contributed by atoms with Crippen LogP contribution in [0.2, 0.25) is 5.02 Å². The molecule has 20 heavy (non-hydrogen) atoms. The lowest BCUT2D eigenvalue weighted by molar-refractivity contribution is 0.184. The number of aliphatic imine (C=N–C) groups is 1. The fourth-order valence-corrected chi connectivity index (χ4v) is 2.63. The minimum atomic E-state index is 0.775. The van der Waals surface area contributed by atoms with E-state index in [9.17, 15) is 0 Å². The zero-order valence-corrected chi connectivity index (χ0v) is 13.3. The number of aryl methyl sites for hydroxylation is 1. The van der Waals surface area contributed by atoms with Crippen LogP contribution in [0.15, 0.2) is 17.3 Å². The fourth-order valence-electron chi connectivity index (χ4n) is 2.36. The van der Waals surface area contributed by atoms with Gasteiger partial charge in [0, 0.05) is 46.1 Å². The molecule has 6 heteroatoms. The van der Waals surface area contributed by atoms with Crippen molar-refractivity contribution in [3.8, 4) is 0 Å². The highest BCUT2D eigenvalue weighted by atomic mass is 35.5. The monoisotopic (exact) mass is 297 g/mol. The van der Waals surface area contributed by atoms with Crippen LogP contribution in [0, 0.1) is 0 Å². The van der Waals surface area contributed by atoms with Crippen molar-refractivity contribution >= 4 is 17.6 Å². The maximum atomic E-state index is 6.01. The molecule has 2 rings (SSSR count). The molecular weight excluding hydrogens is 274 g/mol. The fraction of sp³-hybridized carbons (Fsp3) is 0.643. The lowest BCUT2D eigenvalue weighted by Crippen LogP contribution is -2.45. The SMILES string of the molecule is CN=C(NCCN1CCC1)N(C)Cc1cc(Cl)cn1C. The minimum absolute atomic E-state index is 0.775. The topological polar surface area (TPSA) is 35.8 Å². The summed E-state index contributed by atoms with van der Waals surface area (Å²) in [5.74, 6) is 0.919. The van der Waals surface area contributed by atoms with Crippen molar-refractivity contribution in [3.05, 3.63) is 23.0 Å². The molecule has 0 aromatic carbocycles. The summed E-state index contributed by atoms with van der Waals surface area (Å²) in [5.41, 5.74) is 1.17. The molecule has 1 aromatic rings. The van der Waals surface area contributed by atoms with Gasteiger partial charge in [0.15, 0.2) is 5.96 Å². The first-order valence-electron chi connectivity index (χ1n) is 7.05. The van der Waals surface area contributed by atoms with Gasteiger partial charge in [0.2, 0.25) is 0 Å². The van der Waals surface area contributed by atoms with Crippen LogP contribution in [0.3, 0.4) is 0 Å². The van der Waals surface area contributed by atoms with Crippen molar-refractivity contribution in [3.63, 3.8) is 0 Å². The molecule has 1 aliphatic rings. The molecule has 0 spiro atoms. The Morgan fingerprint density at radius 2 is 2.25 bits per heavy atom. The molecule has 0 unspecified atom stereocenters. The van der Waals surface area contributed by atoms with Gasteiger partial charge in [-0.1, -0.05) is 11.6 Å². The first kappa shape index (κ1) is 15.2. The van der Waals surface area contributed by atoms with Crippen LogP contribution in [0.1, 0.15) is 12.1 Å². The van der Waals surface area contributed by atoms with E-state index in [1.54, 1.807) is 0 Å². The Balaban J connectivity index is 1.81. The van der Waals surface area contributed by atoms with Crippen molar-refractivity contribution in [2.75, 3.05) is 40.3 Å². The van der Waals surface area contributed by atoms with Crippen LogP contribution >= 0.6 is 11.6 Å². The molecule has 0 radical (unpaired) electrons. The summed E-state index contributed by atoms with van der Waals surface area (Å²) in [6.45, 7) is 5.27. The van der Waals surface area contributed by atoms with Gasteiger partial charge in [-0.05, 0) is 25.6 Å². The second-order valence-corrected chi connectivity index (χ2v) is 5.72. The van der Waals surface area contributed by atoms with Crippen LogP contribution in [0.5, 0.6) is 0 Å². The largest absolute Gasteiger partial charge is 0.355 e. The summed E-state index contributed by atoms with van der Waals surface area (Å²) in [4.78, 5) is 8.89. The average Bonchev–Trinajstić information content (AvgIpc) is 2.65. The minimum Gasteiger partial charge on any atom is -0.355 e. The maximum Gasteiger partial charge on any atom is 0.193 e. The van der Waals surface area contributed by atoms with Gasteiger partial charge in [-0.15, -0.1) is 0 Å². The van der Waals surface area contributed by atoms with Gasteiger partial charge in [0.25, 0.3) is 0 Å². The number of aromatic nitrogens is 1. The molecule has 0 saturated carbocycles. The first-order chi connectivity index (χ1) is 9.60. The van der Waals surface area contributed by atoms with Gasteiger partial charge >= 0.3 is 0 Å². The molecule has 0 atom stereocenters. The molecule has 0 aliphatic carbocycles. The molecule has 1 saturated heterocycles. The third-order valence-electron chi connectivity index (χ3n) is 3.71. The van der Waals surface area contributed by atoms with Gasteiger partial charge in [0.1, 0.15) is 0 Å². The highest BCUT2D eigenvalue weighted by Gasteiger charge is 2.14. The molecular formula is C14H24ClN5. The summed E-state index contributed by atoms with van der Waals surface area (Å²) in [6, 6.07) is 1.99.